The predicted octanol–water partition coefficient (Wildman–Crippen LogP) is 0.171. The van der Waals surface area contributed by atoms with Gasteiger partial charge in [0.25, 0.3) is 6.10 Å². The summed E-state index contributed by atoms with van der Waals surface area (Å²) in [6.45, 7) is 4.40. The minimum absolute atomic E-state index is 0.0156. The molecule has 0 saturated heterocycles. The molecule has 5 nitrogen and oxygen atoms in total. The third-order valence-electron chi connectivity index (χ3n) is 0.959. The van der Waals surface area contributed by atoms with Crippen LogP contribution in [0.2, 0.25) is 0 Å². The van der Waals surface area contributed by atoms with E-state index < -0.39 is 18.0 Å². The number of nitrogens with zero attached hydrogens (tertiary/aromatic N) is 1. The number of nitriles is 1. The molecule has 0 aromatic rings. The van der Waals surface area contributed by atoms with Gasteiger partial charge in [0.2, 0.25) is 0 Å². The van der Waals surface area contributed by atoms with E-state index in [4.69, 9.17) is 5.26 Å². The van der Waals surface area contributed by atoms with Crippen LogP contribution in [0.4, 0.5) is 0 Å². The normalized spacial score (nSPS) is 10.8. The van der Waals surface area contributed by atoms with Crippen LogP contribution in [0.3, 0.4) is 0 Å². The van der Waals surface area contributed by atoms with Crippen LogP contribution in [-0.2, 0) is 19.1 Å². The molecule has 0 heterocycles. The molecule has 1 atom stereocenters. The van der Waals surface area contributed by atoms with Crippen molar-refractivity contribution in [2.45, 2.75) is 13.0 Å². The van der Waals surface area contributed by atoms with Crippen molar-refractivity contribution in [1.82, 2.24) is 0 Å². The molecule has 0 saturated carbocycles. The molecule has 13 heavy (non-hydrogen) atoms. The van der Waals surface area contributed by atoms with Crippen molar-refractivity contribution in [3.8, 4) is 6.07 Å². The second kappa shape index (κ2) is 5.77. The fourth-order valence-electron chi connectivity index (χ4n) is 0.510. The molecule has 0 spiro atoms. The lowest BCUT2D eigenvalue weighted by Gasteiger charge is -2.07. The Morgan fingerprint density at radius 3 is 2.69 bits per heavy atom. The van der Waals surface area contributed by atoms with Crippen molar-refractivity contribution >= 4 is 11.9 Å². The predicted molar refractivity (Wildman–Crippen MR) is 42.3 cm³/mol. The van der Waals surface area contributed by atoms with E-state index in [9.17, 15) is 9.59 Å². The molecule has 5 heteroatoms. The lowest BCUT2D eigenvalue weighted by Crippen LogP contribution is -2.26. The summed E-state index contributed by atoms with van der Waals surface area (Å²) in [6, 6.07) is 1.49. The first kappa shape index (κ1) is 11.2. The summed E-state index contributed by atoms with van der Waals surface area (Å²) in [5, 5.41) is 8.39. The van der Waals surface area contributed by atoms with Gasteiger partial charge in [-0.3, -0.25) is 4.79 Å². The quantitative estimate of drug-likeness (QED) is 0.458. The molecule has 0 aliphatic heterocycles. The van der Waals surface area contributed by atoms with Crippen LogP contribution in [-0.4, -0.2) is 24.6 Å². The summed E-state index contributed by atoms with van der Waals surface area (Å²) in [5.74, 6) is -1.60. The maximum Gasteiger partial charge on any atom is 0.362 e. The van der Waals surface area contributed by atoms with E-state index in [1.54, 1.807) is 0 Å². The first-order valence-electron chi connectivity index (χ1n) is 3.46. The first-order valence-corrected chi connectivity index (χ1v) is 3.46. The van der Waals surface area contributed by atoms with Crippen LogP contribution in [0.5, 0.6) is 0 Å². The number of ether oxygens (including phenoxy) is 2. The zero-order valence-electron chi connectivity index (χ0n) is 7.15. The van der Waals surface area contributed by atoms with Gasteiger partial charge in [0.1, 0.15) is 12.7 Å². The van der Waals surface area contributed by atoms with Crippen LogP contribution in [0.15, 0.2) is 12.7 Å². The molecule has 0 aliphatic rings. The fourth-order valence-corrected chi connectivity index (χ4v) is 0.510. The summed E-state index contributed by atoms with van der Waals surface area (Å²) >= 11 is 0. The van der Waals surface area contributed by atoms with Crippen molar-refractivity contribution in [1.29, 1.82) is 5.26 Å². The molecule has 0 radical (unpaired) electrons. The van der Waals surface area contributed by atoms with Gasteiger partial charge in [-0.25, -0.2) is 4.79 Å². The maximum atomic E-state index is 10.9. The SMILES string of the molecule is C=CCOC(=O)C(C#N)OC(C)=O. The van der Waals surface area contributed by atoms with Gasteiger partial charge >= 0.3 is 11.9 Å². The lowest BCUT2D eigenvalue weighted by molar-refractivity contribution is -0.161. The van der Waals surface area contributed by atoms with E-state index in [1.807, 2.05) is 0 Å². The number of rotatable bonds is 4. The van der Waals surface area contributed by atoms with Crippen molar-refractivity contribution in [3.05, 3.63) is 12.7 Å². The summed E-state index contributed by atoms with van der Waals surface area (Å²) in [4.78, 5) is 21.3. The standard InChI is InChI=1S/C8H9NO4/c1-3-4-12-8(11)7(5-9)13-6(2)10/h3,7H,1,4H2,2H3. The largest absolute Gasteiger partial charge is 0.458 e. The van der Waals surface area contributed by atoms with E-state index >= 15 is 0 Å². The molecule has 0 rings (SSSR count). The van der Waals surface area contributed by atoms with Gasteiger partial charge in [0.05, 0.1) is 0 Å². The van der Waals surface area contributed by atoms with Crippen LogP contribution in [0.25, 0.3) is 0 Å². The van der Waals surface area contributed by atoms with Crippen molar-refractivity contribution in [3.63, 3.8) is 0 Å². The Morgan fingerprint density at radius 2 is 2.31 bits per heavy atom. The van der Waals surface area contributed by atoms with E-state index in [1.165, 1.54) is 12.1 Å². The minimum atomic E-state index is -1.49. The van der Waals surface area contributed by atoms with Crippen LogP contribution >= 0.6 is 0 Å². The third-order valence-corrected chi connectivity index (χ3v) is 0.959. The Hall–Kier alpha value is -1.83. The Kier molecular flexibility index (Phi) is 4.96. The van der Waals surface area contributed by atoms with Crippen molar-refractivity contribution in [2.24, 2.45) is 0 Å². The van der Waals surface area contributed by atoms with Gasteiger partial charge in [-0.05, 0) is 0 Å². The Morgan fingerprint density at radius 1 is 1.69 bits per heavy atom. The second-order valence-corrected chi connectivity index (χ2v) is 2.04. The smallest absolute Gasteiger partial charge is 0.362 e. The highest BCUT2D eigenvalue weighted by atomic mass is 16.6. The zero-order valence-corrected chi connectivity index (χ0v) is 7.15. The van der Waals surface area contributed by atoms with Gasteiger partial charge in [-0.15, -0.1) is 0 Å². The molecule has 70 valence electrons. The number of hydrogen-bond acceptors (Lipinski definition) is 5. The van der Waals surface area contributed by atoms with Crippen LogP contribution in [0, 0.1) is 11.3 Å². The number of hydrogen-bond donors (Lipinski definition) is 0. The molecule has 0 fully saturated rings. The molecular formula is C8H9NO4. The number of esters is 2. The summed E-state index contributed by atoms with van der Waals surface area (Å²) in [7, 11) is 0. The van der Waals surface area contributed by atoms with E-state index in [-0.39, 0.29) is 6.61 Å². The Bertz CT molecular complexity index is 253. The van der Waals surface area contributed by atoms with Crippen molar-refractivity contribution < 1.29 is 19.1 Å². The lowest BCUT2D eigenvalue weighted by atomic mass is 10.4. The Labute approximate surface area is 75.5 Å². The summed E-state index contributed by atoms with van der Waals surface area (Å²) in [5.41, 5.74) is 0. The highest BCUT2D eigenvalue weighted by Crippen LogP contribution is 1.95. The zero-order chi connectivity index (χ0) is 10.3. The Balaban J connectivity index is 4.09. The van der Waals surface area contributed by atoms with E-state index in [2.05, 4.69) is 16.1 Å². The average Bonchev–Trinajstić information content (AvgIpc) is 2.09. The fraction of sp³-hybridized carbons (Fsp3) is 0.375. The molecule has 0 bridgehead atoms. The first-order chi connectivity index (χ1) is 6.11. The van der Waals surface area contributed by atoms with Crippen LogP contribution < -0.4 is 0 Å². The molecule has 0 aliphatic carbocycles. The number of carbonyl (C=O) groups excluding carboxylic acids is 2. The molecule has 0 aromatic carbocycles. The van der Waals surface area contributed by atoms with Crippen molar-refractivity contribution in [2.75, 3.05) is 6.61 Å². The highest BCUT2D eigenvalue weighted by Gasteiger charge is 2.21. The van der Waals surface area contributed by atoms with Gasteiger partial charge in [-0.1, -0.05) is 12.7 Å². The molecular weight excluding hydrogens is 174 g/mol. The third kappa shape index (κ3) is 4.58. The van der Waals surface area contributed by atoms with Gasteiger partial charge in [0.15, 0.2) is 0 Å². The van der Waals surface area contributed by atoms with Gasteiger partial charge in [-0.2, -0.15) is 5.26 Å². The average molecular weight is 183 g/mol. The second-order valence-electron chi connectivity index (χ2n) is 2.04. The maximum absolute atomic E-state index is 10.9. The monoisotopic (exact) mass is 183 g/mol. The minimum Gasteiger partial charge on any atom is -0.458 e. The van der Waals surface area contributed by atoms with E-state index in [0.29, 0.717) is 0 Å². The molecule has 0 N–H and O–H groups in total. The van der Waals surface area contributed by atoms with Crippen LogP contribution in [0.1, 0.15) is 6.92 Å². The van der Waals surface area contributed by atoms with Gasteiger partial charge < -0.3 is 9.47 Å². The number of carbonyl (C=O) groups is 2. The molecule has 1 unspecified atom stereocenters. The highest BCUT2D eigenvalue weighted by molar-refractivity contribution is 5.81. The topological polar surface area (TPSA) is 76.4 Å². The van der Waals surface area contributed by atoms with E-state index in [0.717, 1.165) is 6.92 Å². The molecule has 0 aromatic heterocycles. The molecule has 0 amide bonds. The summed E-state index contributed by atoms with van der Waals surface area (Å²) in [6.07, 6.45) is -0.141. The van der Waals surface area contributed by atoms with Gasteiger partial charge in [0, 0.05) is 6.92 Å². The summed E-state index contributed by atoms with van der Waals surface area (Å²) < 4.78 is 8.84.